The Hall–Kier alpha value is -2.58. The maximum absolute atomic E-state index is 2.39. The molecule has 1 unspecified atom stereocenters. The lowest BCUT2D eigenvalue weighted by atomic mass is 10.1. The van der Waals surface area contributed by atoms with Gasteiger partial charge >= 0.3 is 0 Å². The Labute approximate surface area is 151 Å². The van der Waals surface area contributed by atoms with Crippen molar-refractivity contribution < 1.29 is 0 Å². The molecule has 0 saturated carbocycles. The number of fused-ring (bicyclic) bond motifs is 1. The predicted molar refractivity (Wildman–Crippen MR) is 109 cm³/mol. The summed E-state index contributed by atoms with van der Waals surface area (Å²) in [4.78, 5) is 0. The lowest BCUT2D eigenvalue weighted by molar-refractivity contribution is 0.968. The van der Waals surface area contributed by atoms with E-state index in [4.69, 9.17) is 0 Å². The van der Waals surface area contributed by atoms with Gasteiger partial charge in [0.15, 0.2) is 0 Å². The van der Waals surface area contributed by atoms with Gasteiger partial charge in [-0.1, -0.05) is 84.0 Å². The van der Waals surface area contributed by atoms with E-state index in [1.54, 1.807) is 0 Å². The molecule has 0 saturated heterocycles. The first kappa shape index (κ1) is 15.9. The summed E-state index contributed by atoms with van der Waals surface area (Å²) in [7, 11) is 1.21. The highest BCUT2D eigenvalue weighted by atomic mass is 28.3. The number of aryl methyl sites for hydroxylation is 1. The summed E-state index contributed by atoms with van der Waals surface area (Å²) < 4.78 is 2.18. The fourth-order valence-electron chi connectivity index (χ4n) is 3.64. The van der Waals surface area contributed by atoms with Gasteiger partial charge in [0.25, 0.3) is 0 Å². The Morgan fingerprint density at radius 3 is 1.96 bits per heavy atom. The zero-order valence-corrected chi connectivity index (χ0v) is 15.7. The lowest BCUT2D eigenvalue weighted by Gasteiger charge is -2.24. The largest absolute Gasteiger partial charge is 0.351 e. The number of aromatic nitrogens is 1. The molecule has 2 heteroatoms. The second-order valence-corrected chi connectivity index (χ2v) is 9.46. The zero-order valence-electron chi connectivity index (χ0n) is 14.7. The van der Waals surface area contributed by atoms with Crippen LogP contribution in [0, 0.1) is 0 Å². The van der Waals surface area contributed by atoms with Crippen molar-refractivity contribution in [1.29, 1.82) is 0 Å². The average molecular weight is 341 g/mol. The fraction of sp³-hybridized carbons (Fsp3) is 0.130. The number of benzene rings is 3. The summed E-state index contributed by atoms with van der Waals surface area (Å²) in [5, 5.41) is 4.27. The molecule has 0 amide bonds. The van der Waals surface area contributed by atoms with Crippen LogP contribution < -0.4 is 10.4 Å². The van der Waals surface area contributed by atoms with Crippen LogP contribution in [-0.4, -0.2) is 13.4 Å². The van der Waals surface area contributed by atoms with Gasteiger partial charge in [0.2, 0.25) is 0 Å². The average Bonchev–Trinajstić information content (AvgIpc) is 3.04. The SMILES string of the molecule is CC(c1ccc2c(ccn2C)c1)[Si](c1ccccc1)c1ccccc1. The van der Waals surface area contributed by atoms with Crippen LogP contribution in [0.1, 0.15) is 18.0 Å². The summed E-state index contributed by atoms with van der Waals surface area (Å²) in [6.45, 7) is 2.39. The Morgan fingerprint density at radius 2 is 1.36 bits per heavy atom. The Morgan fingerprint density at radius 1 is 0.760 bits per heavy atom. The number of nitrogens with zero attached hydrogens (tertiary/aromatic N) is 1. The molecule has 4 aromatic rings. The summed E-state index contributed by atoms with van der Waals surface area (Å²) in [6.07, 6.45) is 2.14. The highest BCUT2D eigenvalue weighted by Crippen LogP contribution is 2.24. The maximum atomic E-state index is 2.39. The van der Waals surface area contributed by atoms with Crippen molar-refractivity contribution in [2.24, 2.45) is 7.05 Å². The van der Waals surface area contributed by atoms with Gasteiger partial charge in [0.1, 0.15) is 8.80 Å². The first-order valence-electron chi connectivity index (χ1n) is 8.77. The molecule has 0 spiro atoms. The number of hydrogen-bond acceptors (Lipinski definition) is 0. The van der Waals surface area contributed by atoms with Gasteiger partial charge in [-0.05, 0) is 34.7 Å². The van der Waals surface area contributed by atoms with Crippen molar-refractivity contribution in [3.63, 3.8) is 0 Å². The van der Waals surface area contributed by atoms with Crippen molar-refractivity contribution in [2.45, 2.75) is 12.5 Å². The number of rotatable bonds is 4. The molecule has 123 valence electrons. The van der Waals surface area contributed by atoms with E-state index < -0.39 is 8.80 Å². The maximum Gasteiger partial charge on any atom is 0.128 e. The van der Waals surface area contributed by atoms with Crippen molar-refractivity contribution >= 4 is 30.1 Å². The quantitative estimate of drug-likeness (QED) is 0.492. The molecule has 25 heavy (non-hydrogen) atoms. The molecule has 0 aliphatic heterocycles. The molecule has 1 nitrogen and oxygen atoms in total. The molecular weight excluding hydrogens is 318 g/mol. The van der Waals surface area contributed by atoms with E-state index in [-0.39, 0.29) is 0 Å². The van der Waals surface area contributed by atoms with Crippen LogP contribution in [0.2, 0.25) is 0 Å². The van der Waals surface area contributed by atoms with Crippen LogP contribution in [0.25, 0.3) is 10.9 Å². The first-order chi connectivity index (χ1) is 12.2. The minimum atomic E-state index is -0.898. The minimum Gasteiger partial charge on any atom is -0.351 e. The van der Waals surface area contributed by atoms with E-state index in [0.717, 1.165) is 0 Å². The van der Waals surface area contributed by atoms with Gasteiger partial charge < -0.3 is 4.57 Å². The van der Waals surface area contributed by atoms with E-state index in [1.165, 1.54) is 26.8 Å². The summed E-state index contributed by atoms with van der Waals surface area (Å²) in [5.74, 6) is 0. The first-order valence-corrected chi connectivity index (χ1v) is 10.3. The minimum absolute atomic E-state index is 0.499. The summed E-state index contributed by atoms with van der Waals surface area (Å²) in [6, 6.07) is 31.2. The van der Waals surface area contributed by atoms with Crippen LogP contribution in [0.15, 0.2) is 91.1 Å². The molecule has 1 heterocycles. The molecule has 0 fully saturated rings. The van der Waals surface area contributed by atoms with Gasteiger partial charge in [-0.3, -0.25) is 0 Å². The Balaban J connectivity index is 1.80. The lowest BCUT2D eigenvalue weighted by Crippen LogP contribution is -2.46. The summed E-state index contributed by atoms with van der Waals surface area (Å²) in [5.41, 5.74) is 3.23. The molecule has 4 rings (SSSR count). The normalized spacial score (nSPS) is 12.6. The molecule has 0 aliphatic carbocycles. The van der Waals surface area contributed by atoms with Crippen molar-refractivity contribution in [1.82, 2.24) is 4.57 Å². The third-order valence-electron chi connectivity index (χ3n) is 5.01. The smallest absolute Gasteiger partial charge is 0.128 e. The van der Waals surface area contributed by atoms with Gasteiger partial charge in [0, 0.05) is 18.8 Å². The van der Waals surface area contributed by atoms with Crippen molar-refractivity contribution in [2.75, 3.05) is 0 Å². The molecule has 0 aliphatic rings. The van der Waals surface area contributed by atoms with Gasteiger partial charge in [-0.2, -0.15) is 0 Å². The molecule has 1 atom stereocenters. The fourth-order valence-corrected chi connectivity index (χ4v) is 6.59. The Bertz CT molecular complexity index is 933. The van der Waals surface area contributed by atoms with Gasteiger partial charge in [0.05, 0.1) is 0 Å². The summed E-state index contributed by atoms with van der Waals surface area (Å²) >= 11 is 0. The highest BCUT2D eigenvalue weighted by molar-refractivity contribution is 6.86. The predicted octanol–water partition coefficient (Wildman–Crippen LogP) is 4.13. The van der Waals surface area contributed by atoms with E-state index in [1.807, 2.05) is 0 Å². The highest BCUT2D eigenvalue weighted by Gasteiger charge is 2.25. The zero-order chi connectivity index (χ0) is 17.2. The molecule has 1 radical (unpaired) electrons. The molecule has 0 N–H and O–H groups in total. The van der Waals surface area contributed by atoms with E-state index >= 15 is 0 Å². The second kappa shape index (κ2) is 6.73. The second-order valence-electron chi connectivity index (χ2n) is 6.61. The molecular formula is C23H22NSi. The topological polar surface area (TPSA) is 4.93 Å². The Kier molecular flexibility index (Phi) is 4.29. The van der Waals surface area contributed by atoms with E-state index in [0.29, 0.717) is 5.54 Å². The van der Waals surface area contributed by atoms with Crippen LogP contribution >= 0.6 is 0 Å². The van der Waals surface area contributed by atoms with Gasteiger partial charge in [-0.15, -0.1) is 0 Å². The van der Waals surface area contributed by atoms with Crippen molar-refractivity contribution in [3.8, 4) is 0 Å². The van der Waals surface area contributed by atoms with Crippen LogP contribution in [0.4, 0.5) is 0 Å². The monoisotopic (exact) mass is 340 g/mol. The van der Waals surface area contributed by atoms with Crippen LogP contribution in [0.5, 0.6) is 0 Å². The third kappa shape index (κ3) is 3.05. The van der Waals surface area contributed by atoms with Crippen LogP contribution in [-0.2, 0) is 7.05 Å². The molecule has 3 aromatic carbocycles. The van der Waals surface area contributed by atoms with E-state index in [9.17, 15) is 0 Å². The third-order valence-corrected chi connectivity index (χ3v) is 8.12. The van der Waals surface area contributed by atoms with Crippen LogP contribution in [0.3, 0.4) is 0 Å². The van der Waals surface area contributed by atoms with Gasteiger partial charge in [-0.25, -0.2) is 0 Å². The number of hydrogen-bond donors (Lipinski definition) is 0. The molecule has 1 aromatic heterocycles. The van der Waals surface area contributed by atoms with Crippen molar-refractivity contribution in [3.05, 3.63) is 96.7 Å². The standard InChI is InChI=1S/C23H22NSi/c1-18(19-13-14-23-20(17-19)15-16-24(23)2)25(21-9-5-3-6-10-21)22-11-7-4-8-12-22/h3-18H,1-2H3. The van der Waals surface area contributed by atoms with E-state index in [2.05, 4.69) is 110 Å². The molecule has 0 bridgehead atoms.